The summed E-state index contributed by atoms with van der Waals surface area (Å²) in [4.78, 5) is 0. The van der Waals surface area contributed by atoms with Crippen LogP contribution in [0.5, 0.6) is 0 Å². The second-order valence-corrected chi connectivity index (χ2v) is 4.78. The SMILES string of the molecule is CC(C)NCCCCOC(C)(C)C. The summed E-state index contributed by atoms with van der Waals surface area (Å²) < 4.78 is 5.61. The minimum absolute atomic E-state index is 0.0193. The highest BCUT2D eigenvalue weighted by molar-refractivity contribution is 4.59. The molecule has 0 atom stereocenters. The summed E-state index contributed by atoms with van der Waals surface area (Å²) in [6, 6.07) is 0.600. The van der Waals surface area contributed by atoms with E-state index in [1.54, 1.807) is 0 Å². The van der Waals surface area contributed by atoms with Gasteiger partial charge in [0.15, 0.2) is 0 Å². The van der Waals surface area contributed by atoms with Crippen molar-refractivity contribution in [2.75, 3.05) is 13.2 Å². The predicted molar refractivity (Wildman–Crippen MR) is 58.1 cm³/mol. The minimum Gasteiger partial charge on any atom is -0.376 e. The van der Waals surface area contributed by atoms with Crippen molar-refractivity contribution in [1.82, 2.24) is 5.32 Å². The van der Waals surface area contributed by atoms with Crippen molar-refractivity contribution in [3.8, 4) is 0 Å². The molecule has 0 heterocycles. The van der Waals surface area contributed by atoms with E-state index in [-0.39, 0.29) is 5.60 Å². The highest BCUT2D eigenvalue weighted by Crippen LogP contribution is 2.07. The number of unbranched alkanes of at least 4 members (excludes halogenated alkanes) is 1. The maximum atomic E-state index is 5.61. The maximum absolute atomic E-state index is 5.61. The van der Waals surface area contributed by atoms with Crippen molar-refractivity contribution in [3.05, 3.63) is 0 Å². The molecule has 0 aromatic rings. The van der Waals surface area contributed by atoms with Crippen LogP contribution in [0.4, 0.5) is 0 Å². The Kier molecular flexibility index (Phi) is 6.35. The molecule has 0 aromatic carbocycles. The molecular weight excluding hydrogens is 162 g/mol. The van der Waals surface area contributed by atoms with Crippen LogP contribution in [0, 0.1) is 0 Å². The second-order valence-electron chi connectivity index (χ2n) is 4.78. The van der Waals surface area contributed by atoms with Crippen LogP contribution in [0.25, 0.3) is 0 Å². The average molecular weight is 187 g/mol. The van der Waals surface area contributed by atoms with Crippen molar-refractivity contribution in [1.29, 1.82) is 0 Å². The van der Waals surface area contributed by atoms with Gasteiger partial charge in [-0.05, 0) is 40.2 Å². The average Bonchev–Trinajstić information content (AvgIpc) is 1.93. The Hall–Kier alpha value is -0.0800. The van der Waals surface area contributed by atoms with Gasteiger partial charge in [-0.25, -0.2) is 0 Å². The van der Waals surface area contributed by atoms with E-state index < -0.39 is 0 Å². The lowest BCUT2D eigenvalue weighted by atomic mass is 10.2. The van der Waals surface area contributed by atoms with Crippen LogP contribution >= 0.6 is 0 Å². The van der Waals surface area contributed by atoms with E-state index >= 15 is 0 Å². The third kappa shape index (κ3) is 11.9. The van der Waals surface area contributed by atoms with E-state index in [4.69, 9.17) is 4.74 Å². The van der Waals surface area contributed by atoms with Gasteiger partial charge in [0.25, 0.3) is 0 Å². The van der Waals surface area contributed by atoms with Gasteiger partial charge in [0.1, 0.15) is 0 Å². The smallest absolute Gasteiger partial charge is 0.0598 e. The van der Waals surface area contributed by atoms with Gasteiger partial charge in [-0.15, -0.1) is 0 Å². The molecule has 0 saturated heterocycles. The van der Waals surface area contributed by atoms with Crippen LogP contribution in [0.2, 0.25) is 0 Å². The lowest BCUT2D eigenvalue weighted by Crippen LogP contribution is -2.24. The van der Waals surface area contributed by atoms with Crippen LogP contribution in [0.3, 0.4) is 0 Å². The third-order valence-electron chi connectivity index (χ3n) is 1.66. The zero-order valence-electron chi connectivity index (χ0n) is 9.81. The van der Waals surface area contributed by atoms with Crippen LogP contribution in [-0.2, 0) is 4.74 Å². The Morgan fingerprint density at radius 1 is 1.15 bits per heavy atom. The van der Waals surface area contributed by atoms with Crippen LogP contribution in [-0.4, -0.2) is 24.8 Å². The topological polar surface area (TPSA) is 21.3 Å². The number of hydrogen-bond donors (Lipinski definition) is 1. The molecule has 0 aliphatic rings. The normalized spacial score (nSPS) is 12.5. The molecule has 2 nitrogen and oxygen atoms in total. The number of nitrogens with one attached hydrogen (secondary N) is 1. The maximum Gasteiger partial charge on any atom is 0.0598 e. The monoisotopic (exact) mass is 187 g/mol. The van der Waals surface area contributed by atoms with E-state index in [1.165, 1.54) is 6.42 Å². The van der Waals surface area contributed by atoms with E-state index in [0.717, 1.165) is 19.6 Å². The molecule has 0 fully saturated rings. The van der Waals surface area contributed by atoms with Gasteiger partial charge < -0.3 is 10.1 Å². The zero-order chi connectivity index (χ0) is 10.3. The molecule has 0 rings (SSSR count). The molecule has 13 heavy (non-hydrogen) atoms. The Bertz CT molecular complexity index is 116. The Morgan fingerprint density at radius 3 is 2.23 bits per heavy atom. The van der Waals surface area contributed by atoms with E-state index in [1.807, 2.05) is 0 Å². The Morgan fingerprint density at radius 2 is 1.77 bits per heavy atom. The molecule has 1 N–H and O–H groups in total. The molecule has 2 heteroatoms. The molecule has 0 spiro atoms. The van der Waals surface area contributed by atoms with Crippen molar-refractivity contribution >= 4 is 0 Å². The summed E-state index contributed by atoms with van der Waals surface area (Å²) in [6.07, 6.45) is 2.35. The first-order valence-electron chi connectivity index (χ1n) is 5.29. The first-order chi connectivity index (χ1) is 5.92. The largest absolute Gasteiger partial charge is 0.376 e. The van der Waals surface area contributed by atoms with Crippen LogP contribution in [0.15, 0.2) is 0 Å². The van der Waals surface area contributed by atoms with Crippen LogP contribution in [0.1, 0.15) is 47.5 Å². The highest BCUT2D eigenvalue weighted by Gasteiger charge is 2.08. The fourth-order valence-electron chi connectivity index (χ4n) is 0.996. The highest BCUT2D eigenvalue weighted by atomic mass is 16.5. The molecule has 0 radical (unpaired) electrons. The summed E-state index contributed by atoms with van der Waals surface area (Å²) in [5, 5.41) is 3.39. The van der Waals surface area contributed by atoms with E-state index in [0.29, 0.717) is 6.04 Å². The summed E-state index contributed by atoms with van der Waals surface area (Å²) in [7, 11) is 0. The van der Waals surface area contributed by atoms with Crippen molar-refractivity contribution in [2.24, 2.45) is 0 Å². The molecule has 0 amide bonds. The Balaban J connectivity index is 3.09. The van der Waals surface area contributed by atoms with Crippen molar-refractivity contribution in [2.45, 2.75) is 59.1 Å². The van der Waals surface area contributed by atoms with Gasteiger partial charge in [0.2, 0.25) is 0 Å². The van der Waals surface area contributed by atoms with Gasteiger partial charge in [0, 0.05) is 12.6 Å². The van der Waals surface area contributed by atoms with E-state index in [9.17, 15) is 0 Å². The number of ether oxygens (including phenoxy) is 1. The first kappa shape index (κ1) is 12.9. The van der Waals surface area contributed by atoms with Crippen molar-refractivity contribution < 1.29 is 4.74 Å². The van der Waals surface area contributed by atoms with Gasteiger partial charge in [-0.3, -0.25) is 0 Å². The molecule has 0 aromatic heterocycles. The Labute approximate surface area is 83.1 Å². The van der Waals surface area contributed by atoms with Crippen molar-refractivity contribution in [3.63, 3.8) is 0 Å². The van der Waals surface area contributed by atoms with Gasteiger partial charge in [0.05, 0.1) is 5.60 Å². The fraction of sp³-hybridized carbons (Fsp3) is 1.00. The molecule has 0 aliphatic heterocycles. The van der Waals surface area contributed by atoms with Crippen LogP contribution < -0.4 is 5.32 Å². The molecular formula is C11H25NO. The van der Waals surface area contributed by atoms with Gasteiger partial charge >= 0.3 is 0 Å². The van der Waals surface area contributed by atoms with Gasteiger partial charge in [-0.2, -0.15) is 0 Å². The lowest BCUT2D eigenvalue weighted by Gasteiger charge is -2.19. The molecule has 0 saturated carbocycles. The quantitative estimate of drug-likeness (QED) is 0.645. The number of rotatable bonds is 6. The molecule has 0 unspecified atom stereocenters. The summed E-state index contributed by atoms with van der Waals surface area (Å²) >= 11 is 0. The molecule has 0 bridgehead atoms. The third-order valence-corrected chi connectivity index (χ3v) is 1.66. The standard InChI is InChI=1S/C11H25NO/c1-10(2)12-8-6-7-9-13-11(3,4)5/h10,12H,6-9H2,1-5H3. The summed E-state index contributed by atoms with van der Waals surface area (Å²) in [6.45, 7) is 12.6. The predicted octanol–water partition coefficient (Wildman–Crippen LogP) is 2.58. The summed E-state index contributed by atoms with van der Waals surface area (Å²) in [5.74, 6) is 0. The first-order valence-corrected chi connectivity index (χ1v) is 5.29. The van der Waals surface area contributed by atoms with Gasteiger partial charge in [-0.1, -0.05) is 13.8 Å². The number of hydrogen-bond acceptors (Lipinski definition) is 2. The zero-order valence-corrected chi connectivity index (χ0v) is 9.81. The second kappa shape index (κ2) is 6.39. The molecule has 80 valence electrons. The molecule has 0 aliphatic carbocycles. The fourth-order valence-corrected chi connectivity index (χ4v) is 0.996. The minimum atomic E-state index is 0.0193. The summed E-state index contributed by atoms with van der Waals surface area (Å²) in [5.41, 5.74) is 0.0193. The van der Waals surface area contributed by atoms with E-state index in [2.05, 4.69) is 39.9 Å². The lowest BCUT2D eigenvalue weighted by molar-refractivity contribution is -0.00455.